The fraction of sp³-hybridized carbons (Fsp3) is 0.727. The molecule has 1 aromatic heterocycles. The third-order valence-corrected chi connectivity index (χ3v) is 4.33. The van der Waals surface area contributed by atoms with Crippen LogP contribution in [0.5, 0.6) is 0 Å². The Morgan fingerprint density at radius 1 is 1.38 bits per heavy atom. The second-order valence-electron chi connectivity index (χ2n) is 4.20. The normalized spacial score (nSPS) is 20.1. The van der Waals surface area contributed by atoms with Crippen LogP contribution in [0.25, 0.3) is 0 Å². The molecular weight excluding hydrogens is 230 g/mol. The summed E-state index contributed by atoms with van der Waals surface area (Å²) in [5.74, 6) is -2.48. The first-order valence-corrected chi connectivity index (χ1v) is 6.42. The molecule has 2 heterocycles. The lowest BCUT2D eigenvalue weighted by Gasteiger charge is -2.31. The number of thiazole rings is 1. The first-order chi connectivity index (χ1) is 7.52. The third kappa shape index (κ3) is 2.34. The summed E-state index contributed by atoms with van der Waals surface area (Å²) in [5, 5.41) is 0.907. The average molecular weight is 246 g/mol. The minimum absolute atomic E-state index is 0.0485. The van der Waals surface area contributed by atoms with Gasteiger partial charge in [0.1, 0.15) is 0 Å². The molecule has 1 aliphatic heterocycles. The summed E-state index contributed by atoms with van der Waals surface area (Å²) in [6, 6.07) is 0. The summed E-state index contributed by atoms with van der Waals surface area (Å²) >= 11 is 1.64. The number of nitrogens with zero attached hydrogens (tertiary/aromatic N) is 2. The first-order valence-electron chi connectivity index (χ1n) is 5.61. The number of hydrogen-bond acceptors (Lipinski definition) is 3. The van der Waals surface area contributed by atoms with Gasteiger partial charge < -0.3 is 4.90 Å². The van der Waals surface area contributed by atoms with Crippen LogP contribution in [0.15, 0.2) is 0 Å². The number of rotatable bonds is 2. The van der Waals surface area contributed by atoms with E-state index in [0.29, 0.717) is 13.1 Å². The topological polar surface area (TPSA) is 16.1 Å². The lowest BCUT2D eigenvalue weighted by Crippen LogP contribution is -2.39. The number of aryl methyl sites for hydroxylation is 2. The van der Waals surface area contributed by atoms with Crippen molar-refractivity contribution in [3.63, 3.8) is 0 Å². The Morgan fingerprint density at radius 2 is 2.00 bits per heavy atom. The van der Waals surface area contributed by atoms with Crippen molar-refractivity contribution in [1.29, 1.82) is 0 Å². The zero-order valence-electron chi connectivity index (χ0n) is 9.59. The minimum Gasteiger partial charge on any atom is -0.348 e. The Morgan fingerprint density at radius 3 is 2.50 bits per heavy atom. The van der Waals surface area contributed by atoms with Crippen LogP contribution < -0.4 is 4.90 Å². The molecule has 0 spiro atoms. The van der Waals surface area contributed by atoms with Crippen molar-refractivity contribution in [3.05, 3.63) is 10.6 Å². The maximum absolute atomic E-state index is 13.0. The Labute approximate surface area is 98.3 Å². The van der Waals surface area contributed by atoms with E-state index in [1.165, 1.54) is 4.88 Å². The maximum Gasteiger partial charge on any atom is 0.251 e. The zero-order valence-corrected chi connectivity index (χ0v) is 10.4. The summed E-state index contributed by atoms with van der Waals surface area (Å²) < 4.78 is 26.0. The van der Waals surface area contributed by atoms with E-state index in [9.17, 15) is 8.78 Å². The molecule has 16 heavy (non-hydrogen) atoms. The molecule has 1 fully saturated rings. The van der Waals surface area contributed by atoms with Crippen molar-refractivity contribution in [1.82, 2.24) is 4.98 Å². The lowest BCUT2D eigenvalue weighted by molar-refractivity contribution is -0.0220. The molecule has 5 heteroatoms. The van der Waals surface area contributed by atoms with Crippen LogP contribution in [0.1, 0.15) is 30.3 Å². The molecule has 0 N–H and O–H groups in total. The van der Waals surface area contributed by atoms with Gasteiger partial charge in [0, 0.05) is 30.8 Å². The van der Waals surface area contributed by atoms with Gasteiger partial charge in [-0.2, -0.15) is 0 Å². The minimum atomic E-state index is -2.48. The van der Waals surface area contributed by atoms with Crippen molar-refractivity contribution >= 4 is 16.5 Å². The van der Waals surface area contributed by atoms with Crippen LogP contribution in [-0.4, -0.2) is 24.0 Å². The highest BCUT2D eigenvalue weighted by Gasteiger charge is 2.34. The number of hydrogen-bond donors (Lipinski definition) is 0. The van der Waals surface area contributed by atoms with Crippen molar-refractivity contribution in [2.75, 3.05) is 18.0 Å². The van der Waals surface area contributed by atoms with E-state index in [-0.39, 0.29) is 12.8 Å². The monoisotopic (exact) mass is 246 g/mol. The van der Waals surface area contributed by atoms with Gasteiger partial charge in [0.05, 0.1) is 5.69 Å². The van der Waals surface area contributed by atoms with E-state index in [1.807, 2.05) is 11.8 Å². The number of aromatic nitrogens is 1. The fourth-order valence-electron chi connectivity index (χ4n) is 1.90. The van der Waals surface area contributed by atoms with Gasteiger partial charge in [0.25, 0.3) is 5.92 Å². The van der Waals surface area contributed by atoms with Gasteiger partial charge >= 0.3 is 0 Å². The van der Waals surface area contributed by atoms with Crippen molar-refractivity contribution in [3.8, 4) is 0 Å². The van der Waals surface area contributed by atoms with Gasteiger partial charge in [-0.05, 0) is 13.3 Å². The van der Waals surface area contributed by atoms with Crippen LogP contribution in [-0.2, 0) is 6.42 Å². The van der Waals surface area contributed by atoms with Gasteiger partial charge in [-0.3, -0.25) is 0 Å². The van der Waals surface area contributed by atoms with Crippen molar-refractivity contribution in [2.45, 2.75) is 39.0 Å². The van der Waals surface area contributed by atoms with Crippen LogP contribution in [0.2, 0.25) is 0 Å². The van der Waals surface area contributed by atoms with Crippen molar-refractivity contribution < 1.29 is 8.78 Å². The molecule has 0 radical (unpaired) electrons. The summed E-state index contributed by atoms with van der Waals surface area (Å²) in [4.78, 5) is 7.69. The Balaban J connectivity index is 2.08. The second kappa shape index (κ2) is 4.28. The van der Waals surface area contributed by atoms with E-state index in [2.05, 4.69) is 11.9 Å². The summed E-state index contributed by atoms with van der Waals surface area (Å²) in [5.41, 5.74) is 1.04. The third-order valence-electron chi connectivity index (χ3n) is 2.97. The highest BCUT2D eigenvalue weighted by molar-refractivity contribution is 7.15. The van der Waals surface area contributed by atoms with E-state index < -0.39 is 5.92 Å². The molecule has 1 saturated heterocycles. The molecule has 0 aromatic carbocycles. The SMILES string of the molecule is CCc1sc(N2CCC(F)(F)CC2)nc1C. The Bertz CT molecular complexity index is 366. The lowest BCUT2D eigenvalue weighted by atomic mass is 10.1. The van der Waals surface area contributed by atoms with Gasteiger partial charge in [0.2, 0.25) is 0 Å². The predicted molar refractivity (Wildman–Crippen MR) is 62.6 cm³/mol. The quantitative estimate of drug-likeness (QED) is 0.796. The highest BCUT2D eigenvalue weighted by atomic mass is 32.1. The number of alkyl halides is 2. The molecule has 1 aliphatic rings. The highest BCUT2D eigenvalue weighted by Crippen LogP contribution is 2.33. The zero-order chi connectivity index (χ0) is 11.8. The Hall–Kier alpha value is -0.710. The molecule has 0 bridgehead atoms. The first kappa shape index (κ1) is 11.8. The van der Waals surface area contributed by atoms with E-state index >= 15 is 0 Å². The van der Waals surface area contributed by atoms with Crippen LogP contribution in [0.3, 0.4) is 0 Å². The Kier molecular flexibility index (Phi) is 3.15. The molecule has 0 unspecified atom stereocenters. The number of halogens is 2. The summed E-state index contributed by atoms with van der Waals surface area (Å²) in [7, 11) is 0. The van der Waals surface area contributed by atoms with Crippen LogP contribution in [0.4, 0.5) is 13.9 Å². The van der Waals surface area contributed by atoms with Crippen LogP contribution in [0, 0.1) is 6.92 Å². The van der Waals surface area contributed by atoms with Crippen LogP contribution >= 0.6 is 11.3 Å². The van der Waals surface area contributed by atoms with Gasteiger partial charge in [-0.15, -0.1) is 11.3 Å². The van der Waals surface area contributed by atoms with Gasteiger partial charge in [-0.25, -0.2) is 13.8 Å². The van der Waals surface area contributed by atoms with E-state index in [0.717, 1.165) is 17.2 Å². The maximum atomic E-state index is 13.0. The van der Waals surface area contributed by atoms with Crippen molar-refractivity contribution in [2.24, 2.45) is 0 Å². The molecule has 2 rings (SSSR count). The molecule has 0 atom stereocenters. The predicted octanol–water partition coefficient (Wildman–Crippen LogP) is 3.25. The van der Waals surface area contributed by atoms with E-state index in [1.54, 1.807) is 11.3 Å². The number of anilines is 1. The van der Waals surface area contributed by atoms with Gasteiger partial charge in [-0.1, -0.05) is 6.92 Å². The molecule has 0 amide bonds. The molecule has 0 aliphatic carbocycles. The number of piperidine rings is 1. The van der Waals surface area contributed by atoms with E-state index in [4.69, 9.17) is 0 Å². The molecule has 0 saturated carbocycles. The molecule has 90 valence electrons. The summed E-state index contributed by atoms with van der Waals surface area (Å²) in [6.07, 6.45) is 0.869. The molecule has 1 aromatic rings. The molecule has 2 nitrogen and oxygen atoms in total. The standard InChI is InChI=1S/C11H16F2N2S/c1-3-9-8(2)14-10(16-9)15-6-4-11(12,13)5-7-15/h3-7H2,1-2H3. The smallest absolute Gasteiger partial charge is 0.251 e. The molecular formula is C11H16F2N2S. The van der Waals surface area contributed by atoms with Gasteiger partial charge in [0.15, 0.2) is 5.13 Å². The largest absolute Gasteiger partial charge is 0.348 e. The second-order valence-corrected chi connectivity index (χ2v) is 5.26. The average Bonchev–Trinajstić information content (AvgIpc) is 2.59. The summed E-state index contributed by atoms with van der Waals surface area (Å²) in [6.45, 7) is 4.91. The fourth-order valence-corrected chi connectivity index (χ4v) is 2.95.